The molecule has 2 atom stereocenters. The number of hydrogen-bond donors (Lipinski definition) is 2. The number of nitrogens with one attached hydrogen (secondary N) is 1. The van der Waals surface area contributed by atoms with Gasteiger partial charge in [0, 0.05) is 5.38 Å². The maximum Gasteiger partial charge on any atom is 0.252 e. The van der Waals surface area contributed by atoms with E-state index in [1.54, 1.807) is 12.3 Å². The lowest BCUT2D eigenvalue weighted by Gasteiger charge is -2.20. The highest BCUT2D eigenvalue weighted by molar-refractivity contribution is 7.08. The highest BCUT2D eigenvalue weighted by atomic mass is 32.1. The molecular formula is C15H15F2NO2S. The smallest absolute Gasteiger partial charge is 0.252 e. The van der Waals surface area contributed by atoms with Crippen molar-refractivity contribution < 1.29 is 18.7 Å². The van der Waals surface area contributed by atoms with E-state index in [0.29, 0.717) is 5.56 Å². The quantitative estimate of drug-likeness (QED) is 0.911. The number of aliphatic hydroxyl groups is 1. The van der Waals surface area contributed by atoms with Crippen molar-refractivity contribution in [1.29, 1.82) is 0 Å². The summed E-state index contributed by atoms with van der Waals surface area (Å²) in [6.07, 6.45) is -1.12. The van der Waals surface area contributed by atoms with E-state index in [2.05, 4.69) is 5.32 Å². The number of rotatable bonds is 4. The Kier molecular flexibility index (Phi) is 4.69. The van der Waals surface area contributed by atoms with Crippen LogP contribution >= 0.6 is 11.3 Å². The maximum atomic E-state index is 13.2. The van der Waals surface area contributed by atoms with E-state index in [1.165, 1.54) is 17.4 Å². The fraction of sp³-hybridized carbons (Fsp3) is 0.267. The van der Waals surface area contributed by atoms with Crippen LogP contribution in [0.2, 0.25) is 0 Å². The first kappa shape index (κ1) is 15.6. The van der Waals surface area contributed by atoms with Gasteiger partial charge in [0.2, 0.25) is 0 Å². The summed E-state index contributed by atoms with van der Waals surface area (Å²) < 4.78 is 26.0. The van der Waals surface area contributed by atoms with E-state index in [-0.39, 0.29) is 11.5 Å². The average Bonchev–Trinajstić information content (AvgIpc) is 2.87. The van der Waals surface area contributed by atoms with Crippen LogP contribution in [-0.4, -0.2) is 17.1 Å². The summed E-state index contributed by atoms with van der Waals surface area (Å²) in [4.78, 5) is 12.0. The van der Waals surface area contributed by atoms with E-state index < -0.39 is 23.8 Å². The van der Waals surface area contributed by atoms with Crippen LogP contribution < -0.4 is 5.32 Å². The van der Waals surface area contributed by atoms with Gasteiger partial charge in [-0.25, -0.2) is 8.78 Å². The van der Waals surface area contributed by atoms with Crippen LogP contribution in [0.15, 0.2) is 29.0 Å². The van der Waals surface area contributed by atoms with Gasteiger partial charge in [-0.2, -0.15) is 11.3 Å². The van der Waals surface area contributed by atoms with E-state index in [9.17, 15) is 18.7 Å². The summed E-state index contributed by atoms with van der Waals surface area (Å²) in [5.74, 6) is -2.31. The molecule has 0 bridgehead atoms. The van der Waals surface area contributed by atoms with Crippen molar-refractivity contribution >= 4 is 17.2 Å². The third-order valence-corrected chi connectivity index (χ3v) is 4.08. The fourth-order valence-electron chi connectivity index (χ4n) is 1.94. The lowest BCUT2D eigenvalue weighted by Crippen LogP contribution is -2.37. The fourth-order valence-corrected chi connectivity index (χ4v) is 2.77. The number of benzene rings is 1. The average molecular weight is 311 g/mol. The second-order valence-corrected chi connectivity index (χ2v) is 5.59. The van der Waals surface area contributed by atoms with Crippen LogP contribution in [0.3, 0.4) is 0 Å². The summed E-state index contributed by atoms with van der Waals surface area (Å²) in [5.41, 5.74) is 1.61. The molecule has 2 aromatic rings. The van der Waals surface area contributed by atoms with Crippen LogP contribution in [0.5, 0.6) is 0 Å². The van der Waals surface area contributed by atoms with Gasteiger partial charge in [-0.05, 0) is 42.5 Å². The van der Waals surface area contributed by atoms with Gasteiger partial charge in [-0.15, -0.1) is 0 Å². The maximum absolute atomic E-state index is 13.2. The van der Waals surface area contributed by atoms with Gasteiger partial charge in [0.25, 0.3) is 5.91 Å². The molecule has 2 N–H and O–H groups in total. The molecule has 0 aliphatic rings. The van der Waals surface area contributed by atoms with Gasteiger partial charge >= 0.3 is 0 Å². The summed E-state index contributed by atoms with van der Waals surface area (Å²) in [6, 6.07) is 2.53. The first-order valence-electron chi connectivity index (χ1n) is 6.37. The largest absolute Gasteiger partial charge is 0.386 e. The molecule has 112 valence electrons. The first-order chi connectivity index (χ1) is 9.90. The lowest BCUT2D eigenvalue weighted by molar-refractivity contribution is 0.0851. The molecule has 2 rings (SSSR count). The number of thiophene rings is 1. The normalized spacial score (nSPS) is 13.8. The molecule has 0 saturated heterocycles. The standard InChI is InChI=1S/C15H15F2NO2S/c1-8-6-21-7-11(8)15(20)18-9(2)14(19)10-3-4-12(16)13(17)5-10/h3-7,9,14,19H,1-2H3,(H,18,20). The monoisotopic (exact) mass is 311 g/mol. The number of halogens is 2. The third kappa shape index (κ3) is 3.46. The Labute approximate surface area is 125 Å². The zero-order valence-corrected chi connectivity index (χ0v) is 12.4. The zero-order chi connectivity index (χ0) is 15.6. The van der Waals surface area contributed by atoms with Gasteiger partial charge in [-0.3, -0.25) is 4.79 Å². The number of aliphatic hydroxyl groups excluding tert-OH is 1. The van der Waals surface area contributed by atoms with Gasteiger partial charge < -0.3 is 10.4 Å². The molecule has 1 aromatic heterocycles. The van der Waals surface area contributed by atoms with Gasteiger partial charge in [0.15, 0.2) is 11.6 Å². The molecule has 21 heavy (non-hydrogen) atoms. The van der Waals surface area contributed by atoms with Crippen LogP contribution in [0.25, 0.3) is 0 Å². The van der Waals surface area contributed by atoms with E-state index in [1.807, 2.05) is 12.3 Å². The third-order valence-electron chi connectivity index (χ3n) is 3.22. The molecule has 0 radical (unpaired) electrons. The Hall–Kier alpha value is -1.79. The molecule has 0 aliphatic heterocycles. The Morgan fingerprint density at radius 1 is 1.29 bits per heavy atom. The number of carbonyl (C=O) groups excluding carboxylic acids is 1. The van der Waals surface area contributed by atoms with Crippen molar-refractivity contribution in [3.8, 4) is 0 Å². The molecule has 0 fully saturated rings. The van der Waals surface area contributed by atoms with Crippen LogP contribution in [0.1, 0.15) is 34.5 Å². The number of carbonyl (C=O) groups is 1. The lowest BCUT2D eigenvalue weighted by atomic mass is 10.0. The zero-order valence-electron chi connectivity index (χ0n) is 11.6. The molecular weight excluding hydrogens is 296 g/mol. The predicted octanol–water partition coefficient (Wildman–Crippen LogP) is 3.19. The topological polar surface area (TPSA) is 49.3 Å². The summed E-state index contributed by atoms with van der Waals surface area (Å²) in [7, 11) is 0. The molecule has 1 aromatic carbocycles. The van der Waals surface area contributed by atoms with Gasteiger partial charge in [0.1, 0.15) is 0 Å². The molecule has 3 nitrogen and oxygen atoms in total. The second kappa shape index (κ2) is 6.32. The van der Waals surface area contributed by atoms with Crippen molar-refractivity contribution in [1.82, 2.24) is 5.32 Å². The molecule has 0 aliphatic carbocycles. The van der Waals surface area contributed by atoms with E-state index in [4.69, 9.17) is 0 Å². The Balaban J connectivity index is 2.09. The molecule has 1 amide bonds. The minimum absolute atomic E-state index is 0.212. The van der Waals surface area contributed by atoms with Crippen LogP contribution in [-0.2, 0) is 0 Å². The Bertz CT molecular complexity index is 657. The van der Waals surface area contributed by atoms with Crippen molar-refractivity contribution in [2.24, 2.45) is 0 Å². The highest BCUT2D eigenvalue weighted by Gasteiger charge is 2.21. The number of hydrogen-bond acceptors (Lipinski definition) is 3. The van der Waals surface area contributed by atoms with Crippen LogP contribution in [0.4, 0.5) is 8.78 Å². The first-order valence-corrected chi connectivity index (χ1v) is 7.31. The molecule has 1 heterocycles. The molecule has 6 heteroatoms. The molecule has 2 unspecified atom stereocenters. The van der Waals surface area contributed by atoms with E-state index >= 15 is 0 Å². The van der Waals surface area contributed by atoms with Crippen LogP contribution in [0, 0.1) is 18.6 Å². The van der Waals surface area contributed by atoms with E-state index in [0.717, 1.165) is 17.7 Å². The molecule has 0 spiro atoms. The molecule has 0 saturated carbocycles. The van der Waals surface area contributed by atoms with Gasteiger partial charge in [-0.1, -0.05) is 6.07 Å². The Morgan fingerprint density at radius 3 is 2.57 bits per heavy atom. The SMILES string of the molecule is Cc1cscc1C(=O)NC(C)C(O)c1ccc(F)c(F)c1. The van der Waals surface area contributed by atoms with Crippen molar-refractivity contribution in [2.75, 3.05) is 0 Å². The predicted molar refractivity (Wildman–Crippen MR) is 77.3 cm³/mol. The number of aryl methyl sites for hydroxylation is 1. The van der Waals surface area contributed by atoms with Gasteiger partial charge in [0.05, 0.1) is 17.7 Å². The summed E-state index contributed by atoms with van der Waals surface area (Å²) in [5, 5.41) is 16.4. The minimum atomic E-state index is -1.12. The van der Waals surface area contributed by atoms with Crippen molar-refractivity contribution in [3.05, 3.63) is 57.3 Å². The van der Waals surface area contributed by atoms with Crippen molar-refractivity contribution in [2.45, 2.75) is 26.0 Å². The number of amides is 1. The highest BCUT2D eigenvalue weighted by Crippen LogP contribution is 2.20. The Morgan fingerprint density at radius 2 is 2.00 bits per heavy atom. The second-order valence-electron chi connectivity index (χ2n) is 4.85. The van der Waals surface area contributed by atoms with Crippen molar-refractivity contribution in [3.63, 3.8) is 0 Å². The summed E-state index contributed by atoms with van der Waals surface area (Å²) >= 11 is 1.42. The minimum Gasteiger partial charge on any atom is -0.386 e. The summed E-state index contributed by atoms with van der Waals surface area (Å²) in [6.45, 7) is 3.42.